The monoisotopic (exact) mass is 395 g/mol. The van der Waals surface area contributed by atoms with E-state index in [1.807, 2.05) is 72.8 Å². The summed E-state index contributed by atoms with van der Waals surface area (Å²) in [5, 5.41) is 23.9. The Morgan fingerprint density at radius 2 is 1.57 bits per heavy atom. The zero-order valence-corrected chi connectivity index (χ0v) is 15.8. The van der Waals surface area contributed by atoms with Gasteiger partial charge in [-0.05, 0) is 36.4 Å². The normalized spacial score (nSPS) is 12.0. The van der Waals surface area contributed by atoms with Crippen LogP contribution >= 0.6 is 0 Å². The molecule has 2 aromatic carbocycles. The van der Waals surface area contributed by atoms with E-state index >= 15 is 0 Å². The fourth-order valence-corrected chi connectivity index (χ4v) is 3.20. The van der Waals surface area contributed by atoms with Gasteiger partial charge in [-0.25, -0.2) is 4.68 Å². The number of pyridine rings is 1. The van der Waals surface area contributed by atoms with Gasteiger partial charge in [0, 0.05) is 35.3 Å². The SMILES string of the molecule is O[C@@H](c1nnc(-c2ccccc2)o1)c1cn(-c2ccccc2)nc1-c1cccnc1. The highest BCUT2D eigenvalue weighted by Gasteiger charge is 2.25. The molecular formula is C23H17N5O2. The third-order valence-electron chi connectivity index (χ3n) is 4.69. The van der Waals surface area contributed by atoms with Crippen molar-refractivity contribution < 1.29 is 9.52 Å². The van der Waals surface area contributed by atoms with Gasteiger partial charge in [-0.15, -0.1) is 10.2 Å². The summed E-state index contributed by atoms with van der Waals surface area (Å²) >= 11 is 0. The van der Waals surface area contributed by atoms with Crippen LogP contribution in [0.2, 0.25) is 0 Å². The van der Waals surface area contributed by atoms with Gasteiger partial charge < -0.3 is 9.52 Å². The smallest absolute Gasteiger partial charge is 0.250 e. The van der Waals surface area contributed by atoms with Crippen LogP contribution in [0.3, 0.4) is 0 Å². The van der Waals surface area contributed by atoms with Gasteiger partial charge in [-0.2, -0.15) is 5.10 Å². The summed E-state index contributed by atoms with van der Waals surface area (Å²) in [6.07, 6.45) is 4.03. The Balaban J connectivity index is 1.57. The van der Waals surface area contributed by atoms with Crippen molar-refractivity contribution >= 4 is 0 Å². The lowest BCUT2D eigenvalue weighted by atomic mass is 10.1. The number of benzene rings is 2. The molecule has 0 saturated heterocycles. The number of para-hydroxylation sites is 1. The van der Waals surface area contributed by atoms with Gasteiger partial charge in [0.2, 0.25) is 11.8 Å². The second-order valence-corrected chi connectivity index (χ2v) is 6.67. The average molecular weight is 395 g/mol. The van der Waals surface area contributed by atoms with Crippen molar-refractivity contribution in [3.8, 4) is 28.4 Å². The average Bonchev–Trinajstić information content (AvgIpc) is 3.49. The predicted octanol–water partition coefficient (Wildman–Crippen LogP) is 4.07. The summed E-state index contributed by atoms with van der Waals surface area (Å²) in [4.78, 5) is 4.18. The van der Waals surface area contributed by atoms with E-state index in [2.05, 4.69) is 20.3 Å². The predicted molar refractivity (Wildman–Crippen MR) is 111 cm³/mol. The second-order valence-electron chi connectivity index (χ2n) is 6.67. The van der Waals surface area contributed by atoms with Crippen molar-refractivity contribution in [2.45, 2.75) is 6.10 Å². The van der Waals surface area contributed by atoms with Crippen LogP contribution in [-0.2, 0) is 0 Å². The first-order valence-electron chi connectivity index (χ1n) is 9.42. The van der Waals surface area contributed by atoms with E-state index < -0.39 is 6.10 Å². The lowest BCUT2D eigenvalue weighted by Gasteiger charge is -2.06. The van der Waals surface area contributed by atoms with Crippen LogP contribution in [0.15, 0.2) is 95.8 Å². The molecule has 5 aromatic rings. The molecule has 0 spiro atoms. The molecule has 0 amide bonds. The summed E-state index contributed by atoms with van der Waals surface area (Å²) in [6, 6.07) is 22.8. The zero-order valence-electron chi connectivity index (χ0n) is 15.8. The lowest BCUT2D eigenvalue weighted by Crippen LogP contribution is -2.01. The molecule has 5 rings (SSSR count). The van der Waals surface area contributed by atoms with Crippen molar-refractivity contribution in [1.82, 2.24) is 25.0 Å². The van der Waals surface area contributed by atoms with E-state index in [1.165, 1.54) is 0 Å². The number of rotatable bonds is 5. The first-order chi connectivity index (χ1) is 14.8. The molecule has 1 atom stereocenters. The van der Waals surface area contributed by atoms with E-state index in [9.17, 15) is 5.11 Å². The van der Waals surface area contributed by atoms with Gasteiger partial charge in [0.1, 0.15) is 5.69 Å². The van der Waals surface area contributed by atoms with Gasteiger partial charge in [-0.1, -0.05) is 36.4 Å². The van der Waals surface area contributed by atoms with Crippen molar-refractivity contribution in [3.05, 3.63) is 103 Å². The Hall–Kier alpha value is -4.10. The maximum Gasteiger partial charge on any atom is 0.250 e. The van der Waals surface area contributed by atoms with Crippen molar-refractivity contribution in [3.63, 3.8) is 0 Å². The maximum atomic E-state index is 11.1. The van der Waals surface area contributed by atoms with E-state index in [0.29, 0.717) is 17.1 Å². The number of aromatic nitrogens is 5. The molecule has 0 unspecified atom stereocenters. The summed E-state index contributed by atoms with van der Waals surface area (Å²) in [5.74, 6) is 0.453. The number of aliphatic hydroxyl groups excluding tert-OH is 1. The zero-order chi connectivity index (χ0) is 20.3. The number of hydrogen-bond acceptors (Lipinski definition) is 6. The van der Waals surface area contributed by atoms with E-state index in [0.717, 1.165) is 16.8 Å². The van der Waals surface area contributed by atoms with Crippen LogP contribution < -0.4 is 0 Å². The van der Waals surface area contributed by atoms with Gasteiger partial charge in [0.25, 0.3) is 0 Å². The summed E-state index contributed by atoms with van der Waals surface area (Å²) in [5.41, 5.74) is 3.59. The van der Waals surface area contributed by atoms with E-state index in [4.69, 9.17) is 4.42 Å². The van der Waals surface area contributed by atoms with Gasteiger partial charge in [-0.3, -0.25) is 4.98 Å². The fourth-order valence-electron chi connectivity index (χ4n) is 3.20. The number of aliphatic hydroxyl groups is 1. The largest absolute Gasteiger partial charge is 0.417 e. The van der Waals surface area contributed by atoms with Gasteiger partial charge in [0.05, 0.1) is 5.69 Å². The van der Waals surface area contributed by atoms with Crippen LogP contribution in [0.5, 0.6) is 0 Å². The van der Waals surface area contributed by atoms with Crippen molar-refractivity contribution in [1.29, 1.82) is 0 Å². The molecule has 1 N–H and O–H groups in total. The molecular weight excluding hydrogens is 378 g/mol. The minimum absolute atomic E-state index is 0.103. The first-order valence-corrected chi connectivity index (χ1v) is 9.42. The molecule has 3 heterocycles. The minimum atomic E-state index is -1.14. The molecule has 0 aliphatic heterocycles. The molecule has 0 aliphatic rings. The van der Waals surface area contributed by atoms with E-state index in [1.54, 1.807) is 23.3 Å². The molecule has 0 radical (unpaired) electrons. The molecule has 3 aromatic heterocycles. The third-order valence-corrected chi connectivity index (χ3v) is 4.69. The standard InChI is InChI=1S/C23H17N5O2/c29-21(23-26-25-22(30-23)16-8-3-1-4-9-16)19-15-28(18-11-5-2-6-12-18)27-20(19)17-10-7-13-24-14-17/h1-15,21,29H/t21-/m1/s1. The van der Waals surface area contributed by atoms with Crippen LogP contribution in [0.25, 0.3) is 28.4 Å². The first kappa shape index (κ1) is 18.0. The van der Waals surface area contributed by atoms with Crippen LogP contribution in [-0.4, -0.2) is 30.1 Å². The second kappa shape index (κ2) is 7.73. The fraction of sp³-hybridized carbons (Fsp3) is 0.0435. The Bertz CT molecular complexity index is 1250. The maximum absolute atomic E-state index is 11.1. The summed E-state index contributed by atoms with van der Waals surface area (Å²) in [6.45, 7) is 0. The quantitative estimate of drug-likeness (QED) is 0.483. The number of hydrogen-bond donors (Lipinski definition) is 1. The van der Waals surface area contributed by atoms with Gasteiger partial charge in [0.15, 0.2) is 6.10 Å². The Morgan fingerprint density at radius 1 is 0.833 bits per heavy atom. The number of nitrogens with zero attached hydrogens (tertiary/aromatic N) is 5. The summed E-state index contributed by atoms with van der Waals surface area (Å²) in [7, 11) is 0. The van der Waals surface area contributed by atoms with Gasteiger partial charge >= 0.3 is 0 Å². The molecule has 0 saturated carbocycles. The molecule has 0 fully saturated rings. The Kier molecular flexibility index (Phi) is 4.63. The Morgan fingerprint density at radius 3 is 2.30 bits per heavy atom. The Labute approximate surface area is 172 Å². The molecule has 146 valence electrons. The van der Waals surface area contributed by atoms with E-state index in [-0.39, 0.29) is 5.89 Å². The van der Waals surface area contributed by atoms with Crippen LogP contribution in [0.1, 0.15) is 17.6 Å². The summed E-state index contributed by atoms with van der Waals surface area (Å²) < 4.78 is 7.48. The van der Waals surface area contributed by atoms with Crippen molar-refractivity contribution in [2.75, 3.05) is 0 Å². The van der Waals surface area contributed by atoms with Crippen molar-refractivity contribution in [2.24, 2.45) is 0 Å². The topological polar surface area (TPSA) is 89.9 Å². The highest BCUT2D eigenvalue weighted by Crippen LogP contribution is 2.32. The van der Waals surface area contributed by atoms with Crippen LogP contribution in [0, 0.1) is 0 Å². The highest BCUT2D eigenvalue weighted by atomic mass is 16.4. The van der Waals surface area contributed by atoms with Crippen LogP contribution in [0.4, 0.5) is 0 Å². The lowest BCUT2D eigenvalue weighted by molar-refractivity contribution is 0.184. The molecule has 0 aliphatic carbocycles. The minimum Gasteiger partial charge on any atom is -0.417 e. The third kappa shape index (κ3) is 3.38. The highest BCUT2D eigenvalue weighted by molar-refractivity contribution is 5.63. The molecule has 7 heteroatoms. The molecule has 7 nitrogen and oxygen atoms in total. The molecule has 0 bridgehead atoms. The molecule has 30 heavy (non-hydrogen) atoms.